The van der Waals surface area contributed by atoms with Gasteiger partial charge >= 0.3 is 0 Å². The van der Waals surface area contributed by atoms with Crippen LogP contribution in [-0.2, 0) is 4.74 Å². The number of nitrogens with zero attached hydrogens (tertiary/aromatic N) is 2. The SMILES string of the molecule is CCC(C)OC(c1ccccc1)c1ccc(C2=NCCN2N)cc1. The molecule has 0 bridgehead atoms. The largest absolute Gasteiger partial charge is 0.366 e. The van der Waals surface area contributed by atoms with Crippen molar-refractivity contribution in [2.75, 3.05) is 13.1 Å². The summed E-state index contributed by atoms with van der Waals surface area (Å²) in [5.74, 6) is 6.82. The Morgan fingerprint density at radius 1 is 1.08 bits per heavy atom. The van der Waals surface area contributed by atoms with Crippen molar-refractivity contribution in [3.63, 3.8) is 0 Å². The third-order valence-corrected chi connectivity index (χ3v) is 4.39. The summed E-state index contributed by atoms with van der Waals surface area (Å²) in [6.45, 7) is 5.80. The van der Waals surface area contributed by atoms with E-state index in [2.05, 4.69) is 67.4 Å². The molecule has 0 amide bonds. The molecule has 0 fully saturated rings. The average Bonchev–Trinajstić information content (AvgIpc) is 3.06. The summed E-state index contributed by atoms with van der Waals surface area (Å²) in [6, 6.07) is 18.7. The standard InChI is InChI=1S/C20H25N3O/c1-3-15(2)24-19(16-7-5-4-6-8-16)17-9-11-18(12-10-17)20-22-13-14-23(20)21/h4-12,15,19H,3,13-14,21H2,1-2H3. The highest BCUT2D eigenvalue weighted by Gasteiger charge is 2.19. The van der Waals surface area contributed by atoms with Crippen LogP contribution in [0.5, 0.6) is 0 Å². The molecule has 2 N–H and O–H groups in total. The van der Waals surface area contributed by atoms with E-state index in [0.29, 0.717) is 0 Å². The van der Waals surface area contributed by atoms with Crippen LogP contribution in [0.3, 0.4) is 0 Å². The number of amidine groups is 1. The molecule has 2 aromatic carbocycles. The van der Waals surface area contributed by atoms with Crippen LogP contribution in [0.25, 0.3) is 0 Å². The highest BCUT2D eigenvalue weighted by atomic mass is 16.5. The Labute approximate surface area is 143 Å². The molecule has 0 saturated heterocycles. The lowest BCUT2D eigenvalue weighted by Gasteiger charge is -2.23. The third-order valence-electron chi connectivity index (χ3n) is 4.39. The fraction of sp³-hybridized carbons (Fsp3) is 0.350. The molecule has 1 heterocycles. The molecule has 0 radical (unpaired) electrons. The summed E-state index contributed by atoms with van der Waals surface area (Å²) < 4.78 is 6.29. The van der Waals surface area contributed by atoms with Gasteiger partial charge in [0.15, 0.2) is 0 Å². The van der Waals surface area contributed by atoms with Gasteiger partial charge in [0.25, 0.3) is 0 Å². The van der Waals surface area contributed by atoms with Gasteiger partial charge in [0, 0.05) is 5.56 Å². The van der Waals surface area contributed by atoms with Gasteiger partial charge in [-0.3, -0.25) is 10.0 Å². The van der Waals surface area contributed by atoms with Gasteiger partial charge in [0.05, 0.1) is 19.2 Å². The van der Waals surface area contributed by atoms with Gasteiger partial charge in [-0.25, -0.2) is 5.84 Å². The normalized spacial score (nSPS) is 16.8. The minimum atomic E-state index is -0.0605. The van der Waals surface area contributed by atoms with Crippen molar-refractivity contribution >= 4 is 5.84 Å². The van der Waals surface area contributed by atoms with E-state index in [1.54, 1.807) is 5.01 Å². The number of nitrogens with two attached hydrogens (primary N) is 1. The van der Waals surface area contributed by atoms with E-state index in [-0.39, 0.29) is 12.2 Å². The second-order valence-electron chi connectivity index (χ2n) is 6.17. The molecule has 2 unspecified atom stereocenters. The highest BCUT2D eigenvalue weighted by Crippen LogP contribution is 2.28. The molecule has 126 valence electrons. The number of hydrazine groups is 1. The van der Waals surface area contributed by atoms with E-state index >= 15 is 0 Å². The highest BCUT2D eigenvalue weighted by molar-refractivity contribution is 5.99. The summed E-state index contributed by atoms with van der Waals surface area (Å²) in [4.78, 5) is 4.47. The molecule has 4 heteroatoms. The van der Waals surface area contributed by atoms with E-state index in [1.165, 1.54) is 5.56 Å². The maximum atomic E-state index is 6.29. The summed E-state index contributed by atoms with van der Waals surface area (Å²) in [6.07, 6.45) is 1.13. The van der Waals surface area contributed by atoms with Crippen LogP contribution in [0.1, 0.15) is 43.1 Å². The average molecular weight is 323 g/mol. The van der Waals surface area contributed by atoms with Crippen molar-refractivity contribution in [3.05, 3.63) is 71.3 Å². The van der Waals surface area contributed by atoms with E-state index in [0.717, 1.165) is 36.5 Å². The van der Waals surface area contributed by atoms with Gasteiger partial charge in [0.2, 0.25) is 0 Å². The van der Waals surface area contributed by atoms with Crippen molar-refractivity contribution in [2.24, 2.45) is 10.8 Å². The topological polar surface area (TPSA) is 50.8 Å². The van der Waals surface area contributed by atoms with E-state index in [9.17, 15) is 0 Å². The van der Waals surface area contributed by atoms with Crippen molar-refractivity contribution in [1.82, 2.24) is 5.01 Å². The zero-order valence-electron chi connectivity index (χ0n) is 14.4. The monoisotopic (exact) mass is 323 g/mol. The van der Waals surface area contributed by atoms with Crippen LogP contribution >= 0.6 is 0 Å². The predicted octanol–water partition coefficient (Wildman–Crippen LogP) is 3.53. The maximum absolute atomic E-state index is 6.29. The Bertz CT molecular complexity index is 682. The van der Waals surface area contributed by atoms with Crippen molar-refractivity contribution < 1.29 is 4.74 Å². The van der Waals surface area contributed by atoms with Crippen LogP contribution in [0.15, 0.2) is 59.6 Å². The molecule has 24 heavy (non-hydrogen) atoms. The number of benzene rings is 2. The van der Waals surface area contributed by atoms with Crippen molar-refractivity contribution in [2.45, 2.75) is 32.5 Å². The lowest BCUT2D eigenvalue weighted by molar-refractivity contribution is 0.0174. The number of hydrogen-bond acceptors (Lipinski definition) is 4. The van der Waals surface area contributed by atoms with Gasteiger partial charge in [-0.1, -0.05) is 61.5 Å². The number of ether oxygens (including phenoxy) is 1. The van der Waals surface area contributed by atoms with E-state index in [4.69, 9.17) is 10.6 Å². The first-order valence-corrected chi connectivity index (χ1v) is 8.56. The first-order valence-electron chi connectivity index (χ1n) is 8.56. The van der Waals surface area contributed by atoms with Crippen LogP contribution in [0, 0.1) is 0 Å². The Balaban J connectivity index is 1.87. The molecule has 1 aliphatic rings. The molecule has 2 aromatic rings. The second-order valence-corrected chi connectivity index (χ2v) is 6.17. The Kier molecular flexibility index (Phi) is 5.28. The van der Waals surface area contributed by atoms with Gasteiger partial charge < -0.3 is 4.74 Å². The molecule has 3 rings (SSSR count). The number of aliphatic imine (C=N–C) groups is 1. The van der Waals surface area contributed by atoms with Gasteiger partial charge in [-0.05, 0) is 24.5 Å². The van der Waals surface area contributed by atoms with Gasteiger partial charge in [0.1, 0.15) is 11.9 Å². The molecule has 0 saturated carbocycles. The fourth-order valence-electron chi connectivity index (χ4n) is 2.83. The summed E-state index contributed by atoms with van der Waals surface area (Å²) >= 11 is 0. The molecular formula is C20H25N3O. The molecule has 0 spiro atoms. The minimum Gasteiger partial charge on any atom is -0.366 e. The smallest absolute Gasteiger partial charge is 0.145 e. The van der Waals surface area contributed by atoms with E-state index in [1.807, 2.05) is 6.07 Å². The zero-order valence-corrected chi connectivity index (χ0v) is 14.4. The van der Waals surface area contributed by atoms with Crippen molar-refractivity contribution in [3.8, 4) is 0 Å². The molecule has 0 aliphatic carbocycles. The van der Waals surface area contributed by atoms with Gasteiger partial charge in [-0.2, -0.15) is 0 Å². The van der Waals surface area contributed by atoms with Gasteiger partial charge in [-0.15, -0.1) is 0 Å². The van der Waals surface area contributed by atoms with Crippen LogP contribution in [0.2, 0.25) is 0 Å². The van der Waals surface area contributed by atoms with Crippen LogP contribution in [-0.4, -0.2) is 30.0 Å². The second kappa shape index (κ2) is 7.60. The Morgan fingerprint density at radius 3 is 2.33 bits per heavy atom. The fourth-order valence-corrected chi connectivity index (χ4v) is 2.83. The Morgan fingerprint density at radius 2 is 1.75 bits per heavy atom. The lowest BCUT2D eigenvalue weighted by Crippen LogP contribution is -2.34. The zero-order chi connectivity index (χ0) is 16.9. The molecular weight excluding hydrogens is 298 g/mol. The number of hydrogen-bond donors (Lipinski definition) is 1. The van der Waals surface area contributed by atoms with Crippen LogP contribution < -0.4 is 5.84 Å². The predicted molar refractivity (Wildman–Crippen MR) is 97.9 cm³/mol. The third kappa shape index (κ3) is 3.66. The summed E-state index contributed by atoms with van der Waals surface area (Å²) in [5.41, 5.74) is 3.37. The minimum absolute atomic E-state index is 0.0605. The lowest BCUT2D eigenvalue weighted by atomic mass is 9.99. The summed E-state index contributed by atoms with van der Waals surface area (Å²) in [5, 5.41) is 1.71. The summed E-state index contributed by atoms with van der Waals surface area (Å²) in [7, 11) is 0. The van der Waals surface area contributed by atoms with Crippen LogP contribution in [0.4, 0.5) is 0 Å². The molecule has 0 aromatic heterocycles. The first-order chi connectivity index (χ1) is 11.7. The first kappa shape index (κ1) is 16.7. The molecule has 4 nitrogen and oxygen atoms in total. The van der Waals surface area contributed by atoms with Crippen molar-refractivity contribution in [1.29, 1.82) is 0 Å². The maximum Gasteiger partial charge on any atom is 0.145 e. The Hall–Kier alpha value is -2.17. The molecule has 2 atom stereocenters. The van der Waals surface area contributed by atoms with E-state index < -0.39 is 0 Å². The molecule has 1 aliphatic heterocycles. The number of rotatable bonds is 6. The quantitative estimate of drug-likeness (QED) is 0.828.